The molecule has 8 atom stereocenters. The molecule has 4 aliphatic carbocycles. The van der Waals surface area contributed by atoms with Crippen molar-refractivity contribution in [3.05, 3.63) is 0 Å². The third-order valence-corrected chi connectivity index (χ3v) is 8.14. The summed E-state index contributed by atoms with van der Waals surface area (Å²) >= 11 is 0. The minimum absolute atomic E-state index is 1.03. The maximum atomic E-state index is 2.56. The van der Waals surface area contributed by atoms with E-state index in [1.54, 1.807) is 44.9 Å². The average Bonchev–Trinajstić information content (AvgIpc) is 2.47. The van der Waals surface area contributed by atoms with Crippen LogP contribution in [0.15, 0.2) is 0 Å². The molecule has 4 fully saturated rings. The Morgan fingerprint density at radius 3 is 2.10 bits per heavy atom. The normalized spacial score (nSPS) is 55.5. The van der Waals surface area contributed by atoms with E-state index in [1.807, 2.05) is 0 Å². The van der Waals surface area contributed by atoms with Crippen LogP contribution >= 0.6 is 0 Å². The van der Waals surface area contributed by atoms with Crippen LogP contribution in [0.3, 0.4) is 0 Å². The van der Waals surface area contributed by atoms with Gasteiger partial charge in [-0.2, -0.15) is 0 Å². The first-order valence-corrected chi connectivity index (χ1v) is 9.74. The predicted molar refractivity (Wildman–Crippen MR) is 85.4 cm³/mol. The molecule has 0 nitrogen and oxygen atoms in total. The summed E-state index contributed by atoms with van der Waals surface area (Å²) in [5, 5.41) is 0. The van der Waals surface area contributed by atoms with Crippen LogP contribution in [0.1, 0.15) is 78.1 Å². The van der Waals surface area contributed by atoms with Gasteiger partial charge in [-0.15, -0.1) is 0 Å². The van der Waals surface area contributed by atoms with Crippen molar-refractivity contribution in [1.82, 2.24) is 0 Å². The standard InChI is InChI=1S/C20H34/c1-13-6-7-15-8-9-18-17-5-3-4-14(2)16(17)10-11-19(18)20(15)12-13/h13-20H,3-12H2,1-2H3. The largest absolute Gasteiger partial charge is 0.0625 e. The Morgan fingerprint density at radius 1 is 0.550 bits per heavy atom. The fraction of sp³-hybridized carbons (Fsp3) is 1.00. The quantitative estimate of drug-likeness (QED) is 0.515. The van der Waals surface area contributed by atoms with Gasteiger partial charge < -0.3 is 0 Å². The molecule has 4 aliphatic rings. The molecule has 0 heterocycles. The summed E-state index contributed by atoms with van der Waals surface area (Å²) in [5.41, 5.74) is 0. The molecule has 0 radical (unpaired) electrons. The van der Waals surface area contributed by atoms with Gasteiger partial charge in [-0.3, -0.25) is 0 Å². The van der Waals surface area contributed by atoms with E-state index in [9.17, 15) is 0 Å². The SMILES string of the molecule is CC1CCC2CCC3C4CCCC(C)C4CCC3C2C1. The Hall–Kier alpha value is 0. The molecule has 0 aliphatic heterocycles. The van der Waals surface area contributed by atoms with E-state index in [1.165, 1.54) is 19.3 Å². The predicted octanol–water partition coefficient (Wildman–Crippen LogP) is 5.91. The summed E-state index contributed by atoms with van der Waals surface area (Å²) < 4.78 is 0. The highest BCUT2D eigenvalue weighted by molar-refractivity contribution is 4.99. The van der Waals surface area contributed by atoms with Gasteiger partial charge in [0.15, 0.2) is 0 Å². The van der Waals surface area contributed by atoms with Crippen LogP contribution in [0.25, 0.3) is 0 Å². The second-order valence-electron chi connectivity index (χ2n) is 9.06. The van der Waals surface area contributed by atoms with Crippen LogP contribution in [0.5, 0.6) is 0 Å². The van der Waals surface area contributed by atoms with Crippen LogP contribution < -0.4 is 0 Å². The highest BCUT2D eigenvalue weighted by Gasteiger charge is 2.49. The van der Waals surface area contributed by atoms with Crippen molar-refractivity contribution in [1.29, 1.82) is 0 Å². The Bertz CT molecular complexity index is 344. The van der Waals surface area contributed by atoms with Gasteiger partial charge in [0.25, 0.3) is 0 Å². The molecular weight excluding hydrogens is 240 g/mol. The maximum absolute atomic E-state index is 2.56. The molecule has 0 saturated heterocycles. The van der Waals surface area contributed by atoms with Gasteiger partial charge in [0.2, 0.25) is 0 Å². The summed E-state index contributed by atoms with van der Waals surface area (Å²) in [4.78, 5) is 0. The zero-order valence-corrected chi connectivity index (χ0v) is 13.7. The molecule has 0 aromatic heterocycles. The number of hydrogen-bond donors (Lipinski definition) is 0. The van der Waals surface area contributed by atoms with Crippen LogP contribution in [0.2, 0.25) is 0 Å². The Balaban J connectivity index is 1.54. The van der Waals surface area contributed by atoms with E-state index in [0.29, 0.717) is 0 Å². The summed E-state index contributed by atoms with van der Waals surface area (Å²) in [5.74, 6) is 8.86. The Labute approximate surface area is 126 Å². The molecule has 0 heteroatoms. The number of hydrogen-bond acceptors (Lipinski definition) is 0. The van der Waals surface area contributed by atoms with E-state index < -0.39 is 0 Å². The molecule has 0 N–H and O–H groups in total. The van der Waals surface area contributed by atoms with E-state index in [4.69, 9.17) is 0 Å². The lowest BCUT2D eigenvalue weighted by Crippen LogP contribution is -2.47. The van der Waals surface area contributed by atoms with Crippen LogP contribution in [-0.2, 0) is 0 Å². The molecule has 4 rings (SSSR count). The highest BCUT2D eigenvalue weighted by atomic mass is 14.5. The average molecular weight is 274 g/mol. The third-order valence-electron chi connectivity index (χ3n) is 8.14. The molecule has 0 spiro atoms. The zero-order chi connectivity index (χ0) is 13.7. The van der Waals surface area contributed by atoms with Crippen LogP contribution in [0.4, 0.5) is 0 Å². The van der Waals surface area contributed by atoms with Gasteiger partial charge in [0.05, 0.1) is 0 Å². The van der Waals surface area contributed by atoms with E-state index in [-0.39, 0.29) is 0 Å². The topological polar surface area (TPSA) is 0 Å². The van der Waals surface area contributed by atoms with Gasteiger partial charge >= 0.3 is 0 Å². The van der Waals surface area contributed by atoms with Crippen molar-refractivity contribution in [2.75, 3.05) is 0 Å². The summed E-state index contributed by atoms with van der Waals surface area (Å²) in [6.07, 6.45) is 15.7. The van der Waals surface area contributed by atoms with Gasteiger partial charge in [-0.05, 0) is 92.3 Å². The summed E-state index contributed by atoms with van der Waals surface area (Å²) in [6, 6.07) is 0. The monoisotopic (exact) mass is 274 g/mol. The summed E-state index contributed by atoms with van der Waals surface area (Å²) in [6.45, 7) is 5.08. The van der Waals surface area contributed by atoms with Gasteiger partial charge in [-0.25, -0.2) is 0 Å². The molecule has 8 unspecified atom stereocenters. The van der Waals surface area contributed by atoms with Crippen molar-refractivity contribution < 1.29 is 0 Å². The van der Waals surface area contributed by atoms with Crippen molar-refractivity contribution in [3.8, 4) is 0 Å². The van der Waals surface area contributed by atoms with Crippen molar-refractivity contribution in [2.45, 2.75) is 78.1 Å². The molecule has 0 aromatic rings. The first kappa shape index (κ1) is 13.6. The van der Waals surface area contributed by atoms with E-state index >= 15 is 0 Å². The molecule has 0 aromatic carbocycles. The first-order valence-electron chi connectivity index (χ1n) is 9.74. The second-order valence-corrected chi connectivity index (χ2v) is 9.06. The molecule has 0 bridgehead atoms. The number of fused-ring (bicyclic) bond motifs is 5. The maximum Gasteiger partial charge on any atom is -0.0352 e. The zero-order valence-electron chi connectivity index (χ0n) is 13.7. The first-order chi connectivity index (χ1) is 9.74. The van der Waals surface area contributed by atoms with Gasteiger partial charge in [-0.1, -0.05) is 33.1 Å². The molecule has 4 saturated carbocycles. The lowest BCUT2D eigenvalue weighted by molar-refractivity contribution is -0.0612. The minimum atomic E-state index is 1.03. The minimum Gasteiger partial charge on any atom is -0.0625 e. The highest BCUT2D eigenvalue weighted by Crippen LogP contribution is 2.58. The molecule has 0 amide bonds. The van der Waals surface area contributed by atoms with Crippen molar-refractivity contribution in [3.63, 3.8) is 0 Å². The van der Waals surface area contributed by atoms with Crippen LogP contribution in [-0.4, -0.2) is 0 Å². The molecule has 114 valence electrons. The lowest BCUT2D eigenvalue weighted by Gasteiger charge is -2.56. The molecule has 20 heavy (non-hydrogen) atoms. The Morgan fingerprint density at radius 2 is 1.20 bits per heavy atom. The van der Waals surface area contributed by atoms with E-state index in [2.05, 4.69) is 13.8 Å². The fourth-order valence-corrected chi connectivity index (χ4v) is 7.21. The van der Waals surface area contributed by atoms with Gasteiger partial charge in [0, 0.05) is 0 Å². The third kappa shape index (κ3) is 2.17. The second kappa shape index (κ2) is 5.33. The fourth-order valence-electron chi connectivity index (χ4n) is 7.21. The lowest BCUT2D eigenvalue weighted by atomic mass is 9.50. The smallest absolute Gasteiger partial charge is 0.0352 e. The van der Waals surface area contributed by atoms with E-state index in [0.717, 1.165) is 47.3 Å². The number of rotatable bonds is 0. The Kier molecular flexibility index (Phi) is 3.63. The van der Waals surface area contributed by atoms with Crippen molar-refractivity contribution >= 4 is 0 Å². The summed E-state index contributed by atoms with van der Waals surface area (Å²) in [7, 11) is 0. The van der Waals surface area contributed by atoms with Crippen LogP contribution in [0, 0.1) is 47.3 Å². The van der Waals surface area contributed by atoms with Gasteiger partial charge in [0.1, 0.15) is 0 Å². The molecular formula is C20H34. The van der Waals surface area contributed by atoms with Crippen molar-refractivity contribution in [2.24, 2.45) is 47.3 Å².